The second kappa shape index (κ2) is 7.05. The summed E-state index contributed by atoms with van der Waals surface area (Å²) in [4.78, 5) is -0.389. The van der Waals surface area contributed by atoms with Crippen LogP contribution in [-0.2, 0) is 15.5 Å². The minimum absolute atomic E-state index is 0.259. The van der Waals surface area contributed by atoms with Crippen LogP contribution in [0.2, 0.25) is 0 Å². The van der Waals surface area contributed by atoms with Gasteiger partial charge in [0, 0.05) is 11.0 Å². The molecule has 0 heterocycles. The van der Waals surface area contributed by atoms with Gasteiger partial charge in [-0.3, -0.25) is 4.55 Å². The van der Waals surface area contributed by atoms with E-state index in [1.165, 1.54) is 12.5 Å². The molecule has 5 heteroatoms. The van der Waals surface area contributed by atoms with Crippen LogP contribution >= 0.6 is 0 Å². The molecule has 0 radical (unpaired) electrons. The van der Waals surface area contributed by atoms with Crippen LogP contribution in [0.25, 0.3) is 0 Å². The van der Waals surface area contributed by atoms with Gasteiger partial charge >= 0.3 is 0 Å². The van der Waals surface area contributed by atoms with E-state index in [2.05, 4.69) is 0 Å². The first-order valence-electron chi connectivity index (χ1n) is 9.11. The lowest BCUT2D eigenvalue weighted by Gasteiger charge is -2.30. The van der Waals surface area contributed by atoms with Crippen molar-refractivity contribution in [2.45, 2.75) is 62.2 Å². The third-order valence-corrected chi connectivity index (χ3v) is 6.49. The molecule has 0 spiro atoms. The van der Waals surface area contributed by atoms with Gasteiger partial charge in [-0.25, -0.2) is 0 Å². The highest BCUT2D eigenvalue weighted by molar-refractivity contribution is 7.86. The number of rotatable bonds is 4. The van der Waals surface area contributed by atoms with Crippen molar-refractivity contribution < 1.29 is 18.1 Å². The number of phenolic OH excluding ortho intramolecular Hbond substituents is 1. The molecule has 1 saturated carbocycles. The smallest absolute Gasteiger partial charge is 0.298 e. The Hall–Kier alpha value is -1.85. The fourth-order valence-corrected chi connectivity index (χ4v) is 4.62. The molecule has 26 heavy (non-hydrogen) atoms. The van der Waals surface area contributed by atoms with E-state index in [9.17, 15) is 18.1 Å². The zero-order chi connectivity index (χ0) is 18.9. The Bertz CT molecular complexity index is 880. The van der Waals surface area contributed by atoms with Gasteiger partial charge in [-0.15, -0.1) is 0 Å². The molecular formula is C21H26O4S. The first-order valence-corrected chi connectivity index (χ1v) is 10.6. The van der Waals surface area contributed by atoms with E-state index in [1.54, 1.807) is 0 Å². The Morgan fingerprint density at radius 3 is 2.19 bits per heavy atom. The minimum Gasteiger partial charge on any atom is -0.506 e. The van der Waals surface area contributed by atoms with Crippen molar-refractivity contribution >= 4 is 10.1 Å². The lowest BCUT2D eigenvalue weighted by molar-refractivity contribution is 0.419. The summed E-state index contributed by atoms with van der Waals surface area (Å²) in [6, 6.07) is 13.0. The van der Waals surface area contributed by atoms with Crippen molar-refractivity contribution in [1.82, 2.24) is 0 Å². The first kappa shape index (κ1) is 18.9. The number of aromatic hydroxyl groups is 1. The van der Waals surface area contributed by atoms with E-state index in [0.29, 0.717) is 5.56 Å². The Morgan fingerprint density at radius 2 is 1.62 bits per heavy atom. The summed E-state index contributed by atoms with van der Waals surface area (Å²) in [5.41, 5.74) is 1.78. The second-order valence-electron chi connectivity index (χ2n) is 7.72. The zero-order valence-corrected chi connectivity index (χ0v) is 16.1. The maximum Gasteiger partial charge on any atom is 0.298 e. The van der Waals surface area contributed by atoms with Gasteiger partial charge in [0.15, 0.2) is 0 Å². The lowest BCUT2D eigenvalue weighted by Crippen LogP contribution is -2.21. The third kappa shape index (κ3) is 3.64. The summed E-state index contributed by atoms with van der Waals surface area (Å²) in [6.07, 6.45) is 5.43. The second-order valence-corrected chi connectivity index (χ2v) is 9.11. The average Bonchev–Trinajstić information content (AvgIpc) is 2.62. The summed E-state index contributed by atoms with van der Waals surface area (Å²) < 4.78 is 33.5. The molecule has 0 saturated heterocycles. The van der Waals surface area contributed by atoms with E-state index in [4.69, 9.17) is 0 Å². The number of hydrogen-bond donors (Lipinski definition) is 2. The molecule has 0 bridgehead atoms. The highest BCUT2D eigenvalue weighted by Gasteiger charge is 2.32. The molecule has 1 aliphatic rings. The minimum atomic E-state index is -4.51. The molecule has 3 rings (SSSR count). The van der Waals surface area contributed by atoms with Gasteiger partial charge in [0.2, 0.25) is 0 Å². The molecule has 140 valence electrons. The van der Waals surface area contributed by atoms with Crippen molar-refractivity contribution in [3.63, 3.8) is 0 Å². The number of phenols is 1. The molecule has 2 aromatic rings. The van der Waals surface area contributed by atoms with Crippen molar-refractivity contribution in [3.8, 4) is 5.75 Å². The Labute approximate surface area is 155 Å². The van der Waals surface area contributed by atoms with Crippen LogP contribution in [0.15, 0.2) is 47.4 Å². The van der Waals surface area contributed by atoms with E-state index in [0.717, 1.165) is 36.8 Å². The molecule has 0 aromatic heterocycles. The first-order chi connectivity index (χ1) is 12.2. The largest absolute Gasteiger partial charge is 0.506 e. The Kier molecular flexibility index (Phi) is 5.13. The van der Waals surface area contributed by atoms with Crippen LogP contribution in [0.4, 0.5) is 0 Å². The Balaban J connectivity index is 2.20. The quantitative estimate of drug-likeness (QED) is 0.738. The van der Waals surface area contributed by atoms with Crippen LogP contribution in [0, 0.1) is 0 Å². The fraction of sp³-hybridized carbons (Fsp3) is 0.429. The van der Waals surface area contributed by atoms with Gasteiger partial charge in [0.05, 0.1) is 0 Å². The fourth-order valence-electron chi connectivity index (χ4n) is 3.98. The molecule has 0 atom stereocenters. The predicted molar refractivity (Wildman–Crippen MR) is 102 cm³/mol. The normalized spacial score (nSPS) is 16.6. The molecule has 1 fully saturated rings. The van der Waals surface area contributed by atoms with Crippen molar-refractivity contribution in [2.75, 3.05) is 0 Å². The molecule has 0 aliphatic heterocycles. The number of hydrogen-bond acceptors (Lipinski definition) is 3. The molecule has 1 aliphatic carbocycles. The van der Waals surface area contributed by atoms with Crippen molar-refractivity contribution in [1.29, 1.82) is 0 Å². The van der Waals surface area contributed by atoms with Gasteiger partial charge in [-0.1, -0.05) is 69.5 Å². The highest BCUT2D eigenvalue weighted by Crippen LogP contribution is 2.43. The van der Waals surface area contributed by atoms with Crippen LogP contribution < -0.4 is 0 Å². The van der Waals surface area contributed by atoms with E-state index < -0.39 is 15.5 Å². The van der Waals surface area contributed by atoms with Crippen molar-refractivity contribution in [3.05, 3.63) is 59.2 Å². The van der Waals surface area contributed by atoms with Crippen molar-refractivity contribution in [2.24, 2.45) is 0 Å². The standard InChI is InChI=1S/C21H26O4S/c1-21(2,17-11-7-4-8-12-17)18-13-16(15-9-5-3-6-10-15)14-19(20(18)22)26(23,24)25/h4,7-8,11-15,22H,3,5-6,9-10H2,1-2H3,(H,23,24,25). The summed E-state index contributed by atoms with van der Waals surface area (Å²) in [6.45, 7) is 3.91. The maximum absolute atomic E-state index is 11.9. The lowest BCUT2D eigenvalue weighted by atomic mass is 9.75. The topological polar surface area (TPSA) is 74.6 Å². The summed E-state index contributed by atoms with van der Waals surface area (Å²) in [5, 5.41) is 10.7. The molecule has 0 unspecified atom stereocenters. The molecular weight excluding hydrogens is 348 g/mol. The summed E-state index contributed by atoms with van der Waals surface area (Å²) >= 11 is 0. The van der Waals surface area contributed by atoms with Crippen LogP contribution in [0.5, 0.6) is 5.75 Å². The SMILES string of the molecule is CC(C)(c1ccccc1)c1cc(C2CCCCC2)cc(S(=O)(=O)O)c1O. The molecule has 2 N–H and O–H groups in total. The average molecular weight is 375 g/mol. The number of benzene rings is 2. The molecule has 0 amide bonds. The molecule has 4 nitrogen and oxygen atoms in total. The van der Waals surface area contributed by atoms with E-state index in [1.807, 2.05) is 50.2 Å². The van der Waals surface area contributed by atoms with Gasteiger partial charge in [-0.2, -0.15) is 8.42 Å². The molecule has 2 aromatic carbocycles. The summed E-state index contributed by atoms with van der Waals surface area (Å²) in [5.74, 6) is -0.101. The highest BCUT2D eigenvalue weighted by atomic mass is 32.2. The monoisotopic (exact) mass is 374 g/mol. The van der Waals surface area contributed by atoms with Gasteiger partial charge < -0.3 is 5.11 Å². The van der Waals surface area contributed by atoms with Gasteiger partial charge in [-0.05, 0) is 36.0 Å². The third-order valence-electron chi connectivity index (χ3n) is 5.62. The zero-order valence-electron chi connectivity index (χ0n) is 15.3. The van der Waals surface area contributed by atoms with E-state index in [-0.39, 0.29) is 16.6 Å². The van der Waals surface area contributed by atoms with Gasteiger partial charge in [0.1, 0.15) is 10.6 Å². The van der Waals surface area contributed by atoms with Crippen LogP contribution in [0.3, 0.4) is 0 Å². The summed E-state index contributed by atoms with van der Waals surface area (Å²) in [7, 11) is -4.51. The van der Waals surface area contributed by atoms with Crippen LogP contribution in [-0.4, -0.2) is 18.1 Å². The van der Waals surface area contributed by atoms with E-state index >= 15 is 0 Å². The Morgan fingerprint density at radius 1 is 1.00 bits per heavy atom. The maximum atomic E-state index is 11.9. The van der Waals surface area contributed by atoms with Gasteiger partial charge in [0.25, 0.3) is 10.1 Å². The van der Waals surface area contributed by atoms with Crippen LogP contribution in [0.1, 0.15) is 68.6 Å². The predicted octanol–water partition coefficient (Wildman–Crippen LogP) is 5.01.